The summed E-state index contributed by atoms with van der Waals surface area (Å²) < 4.78 is 0. The van der Waals surface area contributed by atoms with Crippen LogP contribution in [0.4, 0.5) is 0 Å². The molecule has 5 nitrogen and oxygen atoms in total. The van der Waals surface area contributed by atoms with E-state index in [0.717, 1.165) is 19.4 Å². The molecule has 114 valence electrons. The van der Waals surface area contributed by atoms with Crippen LogP contribution >= 0.6 is 0 Å². The lowest BCUT2D eigenvalue weighted by Crippen LogP contribution is -2.57. The monoisotopic (exact) mass is 289 g/mol. The number of pyridine rings is 1. The van der Waals surface area contributed by atoms with Crippen molar-refractivity contribution in [1.82, 2.24) is 15.6 Å². The first-order valence-corrected chi connectivity index (χ1v) is 7.92. The maximum atomic E-state index is 12.3. The lowest BCUT2D eigenvalue weighted by molar-refractivity contribution is 0.0892. The standard InChI is InChI=1S/C16H23N3O2/c20-14-10-12(4-8-17-14)15(21)19-13-5-9-18-16(11-13)6-2-1-3-7-16/h4,8,10,13,18H,1-3,5-7,9,11H2,(H,17,20)(H,19,21). The summed E-state index contributed by atoms with van der Waals surface area (Å²) in [5, 5.41) is 6.78. The Kier molecular flexibility index (Phi) is 4.10. The molecule has 5 heteroatoms. The molecule has 1 aromatic heterocycles. The lowest BCUT2D eigenvalue weighted by atomic mass is 9.75. The van der Waals surface area contributed by atoms with Gasteiger partial charge in [-0.2, -0.15) is 0 Å². The van der Waals surface area contributed by atoms with E-state index in [9.17, 15) is 9.59 Å². The normalized spacial score (nSPS) is 24.7. The molecule has 21 heavy (non-hydrogen) atoms. The summed E-state index contributed by atoms with van der Waals surface area (Å²) >= 11 is 0. The first-order valence-electron chi connectivity index (χ1n) is 7.92. The summed E-state index contributed by atoms with van der Waals surface area (Å²) in [5.74, 6) is -0.140. The molecule has 1 aliphatic carbocycles. The highest BCUT2D eigenvalue weighted by molar-refractivity contribution is 5.94. The van der Waals surface area contributed by atoms with Gasteiger partial charge in [0.2, 0.25) is 5.56 Å². The van der Waals surface area contributed by atoms with Gasteiger partial charge in [0.05, 0.1) is 0 Å². The fraction of sp³-hybridized carbons (Fsp3) is 0.625. The quantitative estimate of drug-likeness (QED) is 0.773. The first-order chi connectivity index (χ1) is 10.2. The van der Waals surface area contributed by atoms with Crippen molar-refractivity contribution in [3.8, 4) is 0 Å². The predicted octanol–water partition coefficient (Wildman–Crippen LogP) is 1.56. The maximum Gasteiger partial charge on any atom is 0.251 e. The number of aromatic nitrogens is 1. The average Bonchev–Trinajstić information content (AvgIpc) is 2.48. The molecule has 2 heterocycles. The highest BCUT2D eigenvalue weighted by Gasteiger charge is 2.37. The minimum absolute atomic E-state index is 0.140. The van der Waals surface area contributed by atoms with Crippen LogP contribution in [0.2, 0.25) is 0 Å². The van der Waals surface area contributed by atoms with Gasteiger partial charge < -0.3 is 15.6 Å². The zero-order chi connectivity index (χ0) is 14.7. The van der Waals surface area contributed by atoms with Gasteiger partial charge in [-0.1, -0.05) is 19.3 Å². The molecule has 0 aromatic carbocycles. The molecule has 2 fully saturated rings. The lowest BCUT2D eigenvalue weighted by Gasteiger charge is -2.44. The number of piperidine rings is 1. The Morgan fingerprint density at radius 1 is 1.29 bits per heavy atom. The predicted molar refractivity (Wildman–Crippen MR) is 81.4 cm³/mol. The van der Waals surface area contributed by atoms with Gasteiger partial charge in [0.15, 0.2) is 0 Å². The van der Waals surface area contributed by atoms with Crippen molar-refractivity contribution in [2.45, 2.75) is 56.5 Å². The Bertz CT molecular complexity index is 555. The second-order valence-corrected chi connectivity index (χ2v) is 6.37. The third-order valence-corrected chi connectivity index (χ3v) is 4.81. The Morgan fingerprint density at radius 3 is 2.86 bits per heavy atom. The summed E-state index contributed by atoms with van der Waals surface area (Å²) in [7, 11) is 0. The SMILES string of the molecule is O=C(NC1CCNC2(CCCCC2)C1)c1cc[nH]c(=O)c1. The summed E-state index contributed by atoms with van der Waals surface area (Å²) in [6.07, 6.45) is 9.78. The van der Waals surface area contributed by atoms with Crippen molar-refractivity contribution in [2.24, 2.45) is 0 Å². The molecule has 0 bridgehead atoms. The molecule has 1 spiro atoms. The van der Waals surface area contributed by atoms with E-state index in [1.54, 1.807) is 6.07 Å². The number of rotatable bonds is 2. The van der Waals surface area contributed by atoms with Crippen LogP contribution in [0.5, 0.6) is 0 Å². The number of hydrogen-bond acceptors (Lipinski definition) is 3. The van der Waals surface area contributed by atoms with Gasteiger partial charge in [-0.3, -0.25) is 9.59 Å². The van der Waals surface area contributed by atoms with Gasteiger partial charge >= 0.3 is 0 Å². The largest absolute Gasteiger partial charge is 0.349 e. The van der Waals surface area contributed by atoms with Crippen molar-refractivity contribution >= 4 is 5.91 Å². The zero-order valence-corrected chi connectivity index (χ0v) is 12.3. The van der Waals surface area contributed by atoms with Crippen LogP contribution in [0.3, 0.4) is 0 Å². The number of aromatic amines is 1. The molecular weight excluding hydrogens is 266 g/mol. The highest BCUT2D eigenvalue weighted by atomic mass is 16.2. The average molecular weight is 289 g/mol. The number of carbonyl (C=O) groups excluding carboxylic acids is 1. The molecule has 1 unspecified atom stereocenters. The van der Waals surface area contributed by atoms with Gasteiger partial charge in [0.1, 0.15) is 0 Å². The Balaban J connectivity index is 1.64. The van der Waals surface area contributed by atoms with Gasteiger partial charge in [-0.05, 0) is 38.3 Å². The molecule has 2 aliphatic rings. The first kappa shape index (κ1) is 14.3. The summed E-state index contributed by atoms with van der Waals surface area (Å²) in [5.41, 5.74) is 0.425. The van der Waals surface area contributed by atoms with Gasteiger partial charge in [0.25, 0.3) is 5.91 Å². The van der Waals surface area contributed by atoms with Crippen molar-refractivity contribution in [1.29, 1.82) is 0 Å². The number of nitrogens with one attached hydrogen (secondary N) is 3. The van der Waals surface area contributed by atoms with Crippen molar-refractivity contribution < 1.29 is 4.79 Å². The number of amides is 1. The van der Waals surface area contributed by atoms with E-state index in [2.05, 4.69) is 15.6 Å². The summed E-state index contributed by atoms with van der Waals surface area (Å²) in [6.45, 7) is 0.959. The van der Waals surface area contributed by atoms with E-state index in [-0.39, 0.29) is 23.0 Å². The third-order valence-electron chi connectivity index (χ3n) is 4.81. The summed E-state index contributed by atoms with van der Waals surface area (Å²) in [4.78, 5) is 26.1. The molecule has 1 saturated heterocycles. The molecule has 1 atom stereocenters. The van der Waals surface area contributed by atoms with Gasteiger partial charge in [-0.15, -0.1) is 0 Å². The number of H-pyrrole nitrogens is 1. The van der Waals surface area contributed by atoms with E-state index < -0.39 is 0 Å². The third kappa shape index (κ3) is 3.35. The number of hydrogen-bond donors (Lipinski definition) is 3. The smallest absolute Gasteiger partial charge is 0.251 e. The molecular formula is C16H23N3O2. The van der Waals surface area contributed by atoms with Crippen LogP contribution in [0, 0.1) is 0 Å². The van der Waals surface area contributed by atoms with Crippen molar-refractivity contribution in [3.63, 3.8) is 0 Å². The van der Waals surface area contributed by atoms with Gasteiger partial charge in [0, 0.05) is 29.4 Å². The topological polar surface area (TPSA) is 74.0 Å². The van der Waals surface area contributed by atoms with E-state index in [1.807, 2.05) is 0 Å². The Morgan fingerprint density at radius 2 is 2.10 bits per heavy atom. The zero-order valence-electron chi connectivity index (χ0n) is 12.3. The Hall–Kier alpha value is -1.62. The molecule has 3 rings (SSSR count). The van der Waals surface area contributed by atoms with Crippen molar-refractivity contribution in [2.75, 3.05) is 6.54 Å². The second-order valence-electron chi connectivity index (χ2n) is 6.37. The Labute approximate surface area is 124 Å². The minimum atomic E-state index is -0.239. The van der Waals surface area contributed by atoms with E-state index >= 15 is 0 Å². The van der Waals surface area contributed by atoms with Crippen LogP contribution in [0.25, 0.3) is 0 Å². The molecule has 1 saturated carbocycles. The van der Waals surface area contributed by atoms with Crippen LogP contribution in [0.1, 0.15) is 55.3 Å². The van der Waals surface area contributed by atoms with Crippen LogP contribution in [-0.4, -0.2) is 29.0 Å². The molecule has 1 amide bonds. The molecule has 3 N–H and O–H groups in total. The summed E-state index contributed by atoms with van der Waals surface area (Å²) in [6, 6.07) is 3.21. The fourth-order valence-corrected chi connectivity index (χ4v) is 3.74. The van der Waals surface area contributed by atoms with Crippen LogP contribution in [-0.2, 0) is 0 Å². The van der Waals surface area contributed by atoms with E-state index in [0.29, 0.717) is 5.56 Å². The van der Waals surface area contributed by atoms with Crippen LogP contribution in [0.15, 0.2) is 23.1 Å². The molecule has 1 aliphatic heterocycles. The molecule has 1 aromatic rings. The minimum Gasteiger partial charge on any atom is -0.349 e. The van der Waals surface area contributed by atoms with Crippen LogP contribution < -0.4 is 16.2 Å². The maximum absolute atomic E-state index is 12.3. The second kappa shape index (κ2) is 6.02. The van der Waals surface area contributed by atoms with Gasteiger partial charge in [-0.25, -0.2) is 0 Å². The fourth-order valence-electron chi connectivity index (χ4n) is 3.74. The number of carbonyl (C=O) groups is 1. The van der Waals surface area contributed by atoms with Crippen molar-refractivity contribution in [3.05, 3.63) is 34.2 Å². The van der Waals surface area contributed by atoms with E-state index in [1.165, 1.54) is 44.4 Å². The molecule has 0 radical (unpaired) electrons. The highest BCUT2D eigenvalue weighted by Crippen LogP contribution is 2.34. The van der Waals surface area contributed by atoms with E-state index in [4.69, 9.17) is 0 Å².